The second-order valence-corrected chi connectivity index (χ2v) is 7.21. The summed E-state index contributed by atoms with van der Waals surface area (Å²) in [6.45, 7) is 8.03. The van der Waals surface area contributed by atoms with Crippen molar-refractivity contribution in [3.05, 3.63) is 18.0 Å². The van der Waals surface area contributed by atoms with E-state index in [0.717, 1.165) is 31.4 Å². The topological polar surface area (TPSA) is 76.4 Å². The highest BCUT2D eigenvalue weighted by Gasteiger charge is 2.30. The molecule has 132 valence electrons. The van der Waals surface area contributed by atoms with Crippen LogP contribution in [0.5, 0.6) is 0 Å². The third-order valence-electron chi connectivity index (χ3n) is 3.96. The second-order valence-electron chi connectivity index (χ2n) is 7.21. The van der Waals surface area contributed by atoms with Gasteiger partial charge in [0.1, 0.15) is 5.60 Å². The van der Waals surface area contributed by atoms with Crippen molar-refractivity contribution in [2.75, 3.05) is 13.2 Å². The Kier molecular flexibility index (Phi) is 7.06. The maximum absolute atomic E-state index is 11.9. The summed E-state index contributed by atoms with van der Waals surface area (Å²) in [6, 6.07) is 1.98. The summed E-state index contributed by atoms with van der Waals surface area (Å²) >= 11 is 0. The van der Waals surface area contributed by atoms with Gasteiger partial charge in [-0.1, -0.05) is 13.3 Å². The minimum atomic E-state index is -0.522. The molecule has 0 saturated carbocycles. The zero-order valence-corrected chi connectivity index (χ0v) is 15.1. The number of aryl methyl sites for hydroxylation is 2. The minimum absolute atomic E-state index is 0.0362. The summed E-state index contributed by atoms with van der Waals surface area (Å²) in [5.41, 5.74) is 0.262. The third kappa shape index (κ3) is 6.60. The summed E-state index contributed by atoms with van der Waals surface area (Å²) in [5, 5.41) is 16.9. The van der Waals surface area contributed by atoms with Crippen LogP contribution in [0.1, 0.15) is 52.7 Å². The number of hydrogen-bond acceptors (Lipinski definition) is 4. The molecule has 0 aliphatic rings. The van der Waals surface area contributed by atoms with Crippen molar-refractivity contribution in [1.29, 1.82) is 0 Å². The largest absolute Gasteiger partial charge is 0.444 e. The zero-order chi connectivity index (χ0) is 17.5. The molecule has 1 amide bonds. The van der Waals surface area contributed by atoms with Crippen LogP contribution in [-0.4, -0.2) is 39.7 Å². The van der Waals surface area contributed by atoms with Gasteiger partial charge in [0.2, 0.25) is 0 Å². The highest BCUT2D eigenvalue weighted by atomic mass is 16.6. The number of hydrogen-bond donors (Lipinski definition) is 2. The highest BCUT2D eigenvalue weighted by Crippen LogP contribution is 2.29. The number of aliphatic hydroxyl groups is 1. The van der Waals surface area contributed by atoms with Gasteiger partial charge in [-0.25, -0.2) is 4.79 Å². The van der Waals surface area contributed by atoms with Crippen molar-refractivity contribution in [1.82, 2.24) is 15.1 Å². The molecule has 1 heterocycles. The van der Waals surface area contributed by atoms with Gasteiger partial charge in [-0.15, -0.1) is 0 Å². The fraction of sp³-hybridized carbons (Fsp3) is 0.765. The van der Waals surface area contributed by atoms with Crippen molar-refractivity contribution < 1.29 is 14.6 Å². The molecule has 23 heavy (non-hydrogen) atoms. The van der Waals surface area contributed by atoms with Crippen LogP contribution >= 0.6 is 0 Å². The Morgan fingerprint density at radius 3 is 2.57 bits per heavy atom. The van der Waals surface area contributed by atoms with Gasteiger partial charge >= 0.3 is 6.09 Å². The Hall–Kier alpha value is -1.56. The maximum Gasteiger partial charge on any atom is 0.407 e. The van der Waals surface area contributed by atoms with E-state index in [-0.39, 0.29) is 12.0 Å². The molecule has 0 fully saturated rings. The van der Waals surface area contributed by atoms with E-state index in [0.29, 0.717) is 6.54 Å². The van der Waals surface area contributed by atoms with Gasteiger partial charge < -0.3 is 15.2 Å². The fourth-order valence-electron chi connectivity index (χ4n) is 2.66. The van der Waals surface area contributed by atoms with Crippen LogP contribution in [0.15, 0.2) is 12.3 Å². The molecule has 6 nitrogen and oxygen atoms in total. The van der Waals surface area contributed by atoms with E-state index in [1.54, 1.807) is 6.20 Å². The van der Waals surface area contributed by atoms with Crippen LogP contribution in [0.4, 0.5) is 4.79 Å². The van der Waals surface area contributed by atoms with Crippen LogP contribution in [0, 0.1) is 5.41 Å². The van der Waals surface area contributed by atoms with E-state index in [9.17, 15) is 9.90 Å². The predicted molar refractivity (Wildman–Crippen MR) is 90.2 cm³/mol. The molecular formula is C17H31N3O3. The van der Waals surface area contributed by atoms with Gasteiger partial charge in [-0.3, -0.25) is 4.68 Å². The molecule has 0 bridgehead atoms. The Morgan fingerprint density at radius 2 is 2.09 bits per heavy atom. The Bertz CT molecular complexity index is 494. The number of ether oxygens (including phenoxy) is 1. The van der Waals surface area contributed by atoms with Crippen molar-refractivity contribution >= 4 is 6.09 Å². The second kappa shape index (κ2) is 8.34. The van der Waals surface area contributed by atoms with Crippen molar-refractivity contribution in [3.8, 4) is 0 Å². The fourth-order valence-corrected chi connectivity index (χ4v) is 2.66. The molecule has 2 N–H and O–H groups in total. The van der Waals surface area contributed by atoms with E-state index >= 15 is 0 Å². The third-order valence-corrected chi connectivity index (χ3v) is 3.96. The lowest BCUT2D eigenvalue weighted by molar-refractivity contribution is 0.0444. The summed E-state index contributed by atoms with van der Waals surface area (Å²) < 4.78 is 7.12. The number of nitrogens with one attached hydrogen (secondary N) is 1. The molecule has 0 spiro atoms. The number of carbonyl (C=O) groups excluding carboxylic acids is 1. The molecule has 1 aromatic heterocycles. The van der Waals surface area contributed by atoms with E-state index in [1.807, 2.05) is 38.6 Å². The van der Waals surface area contributed by atoms with Gasteiger partial charge in [-0.05, 0) is 46.1 Å². The SMILES string of the molecule is CCCC(CO)(CCc1ccnn1C)CNC(=O)OC(C)(C)C. The van der Waals surface area contributed by atoms with Crippen LogP contribution in [0.3, 0.4) is 0 Å². The first kappa shape index (κ1) is 19.5. The summed E-state index contributed by atoms with van der Waals surface area (Å²) in [4.78, 5) is 11.9. The smallest absolute Gasteiger partial charge is 0.407 e. The molecule has 1 atom stereocenters. The number of aliphatic hydroxyl groups excluding tert-OH is 1. The van der Waals surface area contributed by atoms with Crippen LogP contribution in [-0.2, 0) is 18.2 Å². The summed E-state index contributed by atoms with van der Waals surface area (Å²) in [6.07, 6.45) is 4.72. The molecule has 0 saturated heterocycles. The highest BCUT2D eigenvalue weighted by molar-refractivity contribution is 5.67. The molecule has 0 aliphatic heterocycles. The molecule has 6 heteroatoms. The van der Waals surface area contributed by atoms with E-state index in [1.165, 1.54) is 0 Å². The molecule has 0 aromatic carbocycles. The van der Waals surface area contributed by atoms with Gasteiger partial charge in [0.25, 0.3) is 0 Å². The average molecular weight is 325 g/mol. The molecule has 0 radical (unpaired) electrons. The Balaban J connectivity index is 2.66. The zero-order valence-electron chi connectivity index (χ0n) is 15.1. The van der Waals surface area contributed by atoms with Crippen LogP contribution in [0.2, 0.25) is 0 Å². The number of rotatable bonds is 8. The first-order chi connectivity index (χ1) is 10.7. The van der Waals surface area contributed by atoms with Crippen LogP contribution < -0.4 is 5.32 Å². The quantitative estimate of drug-likeness (QED) is 0.770. The van der Waals surface area contributed by atoms with Gasteiger partial charge in [0.15, 0.2) is 0 Å². The molecular weight excluding hydrogens is 294 g/mol. The predicted octanol–water partition coefficient (Wildman–Crippen LogP) is 2.66. The average Bonchev–Trinajstić information content (AvgIpc) is 2.86. The van der Waals surface area contributed by atoms with Crippen molar-refractivity contribution in [2.45, 2.75) is 59.0 Å². The molecule has 1 aromatic rings. The molecule has 1 rings (SSSR count). The summed E-state index contributed by atoms with van der Waals surface area (Å²) in [5.74, 6) is 0. The van der Waals surface area contributed by atoms with Crippen molar-refractivity contribution in [3.63, 3.8) is 0 Å². The lowest BCUT2D eigenvalue weighted by Crippen LogP contribution is -2.42. The standard InChI is InChI=1S/C17H31N3O3/c1-6-9-17(13-21,10-7-14-8-11-19-20(14)5)12-18-15(22)23-16(2,3)4/h8,11,21H,6-7,9-10,12-13H2,1-5H3,(H,18,22). The van der Waals surface area contributed by atoms with Crippen molar-refractivity contribution in [2.24, 2.45) is 12.5 Å². The lowest BCUT2D eigenvalue weighted by atomic mass is 9.79. The first-order valence-corrected chi connectivity index (χ1v) is 8.26. The van der Waals surface area contributed by atoms with Gasteiger partial charge in [-0.2, -0.15) is 5.10 Å². The van der Waals surface area contributed by atoms with E-state index in [4.69, 9.17) is 4.74 Å². The normalized spacial score (nSPS) is 14.3. The number of alkyl carbamates (subject to hydrolysis) is 1. The first-order valence-electron chi connectivity index (χ1n) is 8.26. The Labute approximate surface area is 139 Å². The maximum atomic E-state index is 11.9. The van der Waals surface area contributed by atoms with E-state index < -0.39 is 11.7 Å². The number of nitrogens with zero attached hydrogens (tertiary/aromatic N) is 2. The Morgan fingerprint density at radius 1 is 1.39 bits per heavy atom. The van der Waals surface area contributed by atoms with Gasteiger partial charge in [0, 0.05) is 30.9 Å². The lowest BCUT2D eigenvalue weighted by Gasteiger charge is -2.32. The monoisotopic (exact) mass is 325 g/mol. The number of carbonyl (C=O) groups is 1. The summed E-state index contributed by atoms with van der Waals surface area (Å²) in [7, 11) is 1.91. The van der Waals surface area contributed by atoms with E-state index in [2.05, 4.69) is 17.3 Å². The molecule has 1 unspecified atom stereocenters. The number of amides is 1. The minimum Gasteiger partial charge on any atom is -0.444 e. The van der Waals surface area contributed by atoms with Crippen LogP contribution in [0.25, 0.3) is 0 Å². The molecule has 0 aliphatic carbocycles. The van der Waals surface area contributed by atoms with Gasteiger partial charge in [0.05, 0.1) is 6.61 Å². The number of aromatic nitrogens is 2.